The fraction of sp³-hybridized carbons (Fsp3) is 0.650. The van der Waals surface area contributed by atoms with Gasteiger partial charge in [0.15, 0.2) is 0 Å². The van der Waals surface area contributed by atoms with Crippen LogP contribution in [-0.4, -0.2) is 29.9 Å². The third kappa shape index (κ3) is 4.31. The van der Waals surface area contributed by atoms with Crippen LogP contribution in [0.15, 0.2) is 30.3 Å². The molecule has 0 spiro atoms. The summed E-state index contributed by atoms with van der Waals surface area (Å²) in [5.41, 5.74) is 7.57. The number of piperidine rings is 1. The van der Waals surface area contributed by atoms with E-state index in [0.717, 1.165) is 38.8 Å². The normalized spacial score (nSPS) is 30.0. The molecule has 2 N–H and O–H groups in total. The average molecular weight is 351 g/mol. The Balaban J connectivity index is 0.00000208. The number of amides is 1. The van der Waals surface area contributed by atoms with Crippen LogP contribution in [0.3, 0.4) is 0 Å². The van der Waals surface area contributed by atoms with E-state index in [-0.39, 0.29) is 18.4 Å². The molecule has 24 heavy (non-hydrogen) atoms. The Kier molecular flexibility index (Phi) is 7.12. The lowest BCUT2D eigenvalue weighted by atomic mass is 9.79. The van der Waals surface area contributed by atoms with Gasteiger partial charge < -0.3 is 10.6 Å². The van der Waals surface area contributed by atoms with E-state index in [9.17, 15) is 4.79 Å². The second-order valence-electron chi connectivity index (χ2n) is 7.37. The Morgan fingerprint density at radius 3 is 2.54 bits per heavy atom. The van der Waals surface area contributed by atoms with Crippen molar-refractivity contribution in [2.45, 2.75) is 57.4 Å². The highest BCUT2D eigenvalue weighted by molar-refractivity contribution is 5.85. The van der Waals surface area contributed by atoms with Crippen molar-refractivity contribution in [3.63, 3.8) is 0 Å². The molecule has 1 aromatic carbocycles. The lowest BCUT2D eigenvalue weighted by Gasteiger charge is -2.39. The molecule has 4 heteroatoms. The van der Waals surface area contributed by atoms with Crippen LogP contribution in [0.1, 0.15) is 56.9 Å². The van der Waals surface area contributed by atoms with Gasteiger partial charge in [0, 0.05) is 25.6 Å². The molecule has 3 nitrogen and oxygen atoms in total. The summed E-state index contributed by atoms with van der Waals surface area (Å²) in [6.07, 6.45) is 6.29. The highest BCUT2D eigenvalue weighted by Gasteiger charge is 2.33. The summed E-state index contributed by atoms with van der Waals surface area (Å²) in [7, 11) is 0. The summed E-state index contributed by atoms with van der Waals surface area (Å²) < 4.78 is 0. The number of hydrogen-bond acceptors (Lipinski definition) is 2. The molecule has 2 aliphatic rings. The summed E-state index contributed by atoms with van der Waals surface area (Å²) in [4.78, 5) is 14.8. The van der Waals surface area contributed by atoms with Crippen molar-refractivity contribution in [1.29, 1.82) is 0 Å². The zero-order chi connectivity index (χ0) is 16.2. The fourth-order valence-electron chi connectivity index (χ4n) is 4.48. The molecule has 1 aliphatic heterocycles. The highest BCUT2D eigenvalue weighted by Crippen LogP contribution is 2.36. The van der Waals surface area contributed by atoms with Gasteiger partial charge in [-0.15, -0.1) is 12.4 Å². The SMILES string of the molecule is CCC1CN(C(=O)C[C@@H]2CCC[C@H]2N)CCC1c1ccccc1.Cl. The first kappa shape index (κ1) is 19.3. The first-order chi connectivity index (χ1) is 11.2. The molecule has 1 saturated heterocycles. The van der Waals surface area contributed by atoms with Gasteiger partial charge in [-0.05, 0) is 42.6 Å². The number of likely N-dealkylation sites (tertiary alicyclic amines) is 1. The summed E-state index contributed by atoms with van der Waals surface area (Å²) in [5.74, 6) is 1.91. The number of hydrogen-bond donors (Lipinski definition) is 1. The molecular weight excluding hydrogens is 320 g/mol. The van der Waals surface area contributed by atoms with E-state index >= 15 is 0 Å². The van der Waals surface area contributed by atoms with E-state index < -0.39 is 0 Å². The van der Waals surface area contributed by atoms with E-state index in [4.69, 9.17) is 5.73 Å². The van der Waals surface area contributed by atoms with Crippen LogP contribution in [0.5, 0.6) is 0 Å². The van der Waals surface area contributed by atoms with Gasteiger partial charge in [-0.25, -0.2) is 0 Å². The van der Waals surface area contributed by atoms with E-state index in [0.29, 0.717) is 30.1 Å². The van der Waals surface area contributed by atoms with Crippen molar-refractivity contribution >= 4 is 18.3 Å². The Morgan fingerprint density at radius 2 is 1.92 bits per heavy atom. The largest absolute Gasteiger partial charge is 0.342 e. The van der Waals surface area contributed by atoms with Crippen molar-refractivity contribution < 1.29 is 4.79 Å². The van der Waals surface area contributed by atoms with Gasteiger partial charge in [-0.3, -0.25) is 4.79 Å². The number of carbonyl (C=O) groups excluding carboxylic acids is 1. The Hall–Kier alpha value is -1.06. The van der Waals surface area contributed by atoms with E-state index in [1.54, 1.807) is 0 Å². The molecule has 4 atom stereocenters. The summed E-state index contributed by atoms with van der Waals surface area (Å²) in [6, 6.07) is 11.0. The van der Waals surface area contributed by atoms with Crippen molar-refractivity contribution in [2.75, 3.05) is 13.1 Å². The maximum atomic E-state index is 12.7. The first-order valence-corrected chi connectivity index (χ1v) is 9.27. The van der Waals surface area contributed by atoms with Gasteiger partial charge in [0.25, 0.3) is 0 Å². The predicted octanol–water partition coefficient (Wildman–Crippen LogP) is 3.97. The fourth-order valence-corrected chi connectivity index (χ4v) is 4.48. The summed E-state index contributed by atoms with van der Waals surface area (Å²) >= 11 is 0. The van der Waals surface area contributed by atoms with E-state index in [1.165, 1.54) is 12.0 Å². The molecule has 2 unspecified atom stereocenters. The van der Waals surface area contributed by atoms with Crippen LogP contribution in [0.25, 0.3) is 0 Å². The lowest BCUT2D eigenvalue weighted by molar-refractivity contribution is -0.134. The number of rotatable bonds is 4. The van der Waals surface area contributed by atoms with Crippen LogP contribution in [0, 0.1) is 11.8 Å². The Bertz CT molecular complexity index is 522. The van der Waals surface area contributed by atoms with Crippen LogP contribution in [0.2, 0.25) is 0 Å². The van der Waals surface area contributed by atoms with Gasteiger partial charge in [0.05, 0.1) is 0 Å². The third-order valence-electron chi connectivity index (χ3n) is 5.99. The molecule has 1 amide bonds. The first-order valence-electron chi connectivity index (χ1n) is 9.27. The predicted molar refractivity (Wildman–Crippen MR) is 101 cm³/mol. The van der Waals surface area contributed by atoms with E-state index in [2.05, 4.69) is 42.2 Å². The Morgan fingerprint density at radius 1 is 1.17 bits per heavy atom. The quantitative estimate of drug-likeness (QED) is 0.893. The molecule has 0 radical (unpaired) electrons. The van der Waals surface area contributed by atoms with Crippen molar-refractivity contribution in [2.24, 2.45) is 17.6 Å². The maximum Gasteiger partial charge on any atom is 0.222 e. The van der Waals surface area contributed by atoms with Crippen molar-refractivity contribution in [1.82, 2.24) is 4.90 Å². The highest BCUT2D eigenvalue weighted by atomic mass is 35.5. The van der Waals surface area contributed by atoms with Gasteiger partial charge in [-0.1, -0.05) is 50.1 Å². The van der Waals surface area contributed by atoms with Crippen molar-refractivity contribution in [3.8, 4) is 0 Å². The second kappa shape index (κ2) is 8.87. The second-order valence-corrected chi connectivity index (χ2v) is 7.37. The minimum Gasteiger partial charge on any atom is -0.342 e. The molecule has 1 saturated carbocycles. The van der Waals surface area contributed by atoms with Crippen LogP contribution >= 0.6 is 12.4 Å². The molecule has 134 valence electrons. The molecule has 2 fully saturated rings. The molecule has 1 aliphatic carbocycles. The number of halogens is 1. The van der Waals surface area contributed by atoms with E-state index in [1.807, 2.05) is 0 Å². The van der Waals surface area contributed by atoms with Crippen LogP contribution < -0.4 is 5.73 Å². The summed E-state index contributed by atoms with van der Waals surface area (Å²) in [5, 5.41) is 0. The summed E-state index contributed by atoms with van der Waals surface area (Å²) in [6.45, 7) is 4.06. The molecule has 0 bridgehead atoms. The lowest BCUT2D eigenvalue weighted by Crippen LogP contribution is -2.44. The van der Waals surface area contributed by atoms with Gasteiger partial charge in [0.1, 0.15) is 0 Å². The smallest absolute Gasteiger partial charge is 0.222 e. The van der Waals surface area contributed by atoms with Crippen LogP contribution in [0.4, 0.5) is 0 Å². The maximum absolute atomic E-state index is 12.7. The number of carbonyl (C=O) groups is 1. The van der Waals surface area contributed by atoms with Gasteiger partial charge in [0.2, 0.25) is 5.91 Å². The number of nitrogens with zero attached hydrogens (tertiary/aromatic N) is 1. The molecule has 0 aromatic heterocycles. The minimum atomic E-state index is 0. The molecule has 1 aromatic rings. The molecule has 1 heterocycles. The van der Waals surface area contributed by atoms with Gasteiger partial charge >= 0.3 is 0 Å². The minimum absolute atomic E-state index is 0. The van der Waals surface area contributed by atoms with Crippen molar-refractivity contribution in [3.05, 3.63) is 35.9 Å². The van der Waals surface area contributed by atoms with Crippen LogP contribution in [-0.2, 0) is 4.79 Å². The zero-order valence-corrected chi connectivity index (χ0v) is 15.5. The van der Waals surface area contributed by atoms with Gasteiger partial charge in [-0.2, -0.15) is 0 Å². The topological polar surface area (TPSA) is 46.3 Å². The average Bonchev–Trinajstić information content (AvgIpc) is 3.00. The zero-order valence-electron chi connectivity index (χ0n) is 14.7. The molecular formula is C20H31ClN2O. The third-order valence-corrected chi connectivity index (χ3v) is 5.99. The number of nitrogens with two attached hydrogens (primary N) is 1. The molecule has 3 rings (SSSR count). The monoisotopic (exact) mass is 350 g/mol. The number of benzene rings is 1. The standard InChI is InChI=1S/C20H30N2O.ClH/c1-2-15-14-22(20(23)13-17-9-6-10-19(17)21)12-11-18(15)16-7-4-3-5-8-16;/h3-5,7-8,15,17-19H,2,6,9-14,21H2,1H3;1H/t15?,17-,18?,19+;/m0./s1. The Labute approximate surface area is 152 Å².